The first-order valence-electron chi connectivity index (χ1n) is 8.79. The maximum Gasteiger partial charge on any atom is 0.363 e. The van der Waals surface area contributed by atoms with E-state index in [1.807, 2.05) is 0 Å². The number of fused-ring (bicyclic) bond motifs is 3. The minimum atomic E-state index is -6.05. The quantitative estimate of drug-likeness (QED) is 0.243. The molecule has 0 radical (unpaired) electrons. The average molecular weight is 505 g/mol. The Hall–Kier alpha value is -3.94. The van der Waals surface area contributed by atoms with Crippen molar-refractivity contribution < 1.29 is 43.4 Å². The molecule has 34 heavy (non-hydrogen) atoms. The lowest BCUT2D eigenvalue weighted by molar-refractivity contribution is 0.255. The van der Waals surface area contributed by atoms with E-state index in [2.05, 4.69) is 4.28 Å². The summed E-state index contributed by atoms with van der Waals surface area (Å²) in [6.45, 7) is 0. The molecule has 176 valence electrons. The number of nitrogens with zero attached hydrogens (tertiary/aromatic N) is 1. The largest absolute Gasteiger partial charge is 0.363 e. The van der Waals surface area contributed by atoms with Crippen molar-refractivity contribution >= 4 is 31.7 Å². The van der Waals surface area contributed by atoms with Gasteiger partial charge in [0.1, 0.15) is 11.6 Å². The minimum Gasteiger partial charge on any atom is -0.277 e. The van der Waals surface area contributed by atoms with Gasteiger partial charge < -0.3 is 0 Å². The zero-order valence-corrected chi connectivity index (χ0v) is 16.8. The summed E-state index contributed by atoms with van der Waals surface area (Å²) < 4.78 is 125. The van der Waals surface area contributed by atoms with Gasteiger partial charge in [-0.3, -0.25) is 13.9 Å². The normalized spacial score (nSPS) is 11.9. The molecule has 0 N–H and O–H groups in total. The summed E-state index contributed by atoms with van der Waals surface area (Å²) in [6, 6.07) is 4.45. The zero-order valence-electron chi connectivity index (χ0n) is 16.0. The second-order valence-corrected chi connectivity index (χ2v) is 8.18. The number of halogens is 7. The maximum absolute atomic E-state index is 14.0. The van der Waals surface area contributed by atoms with Crippen molar-refractivity contribution in [3.8, 4) is 0 Å². The molecule has 0 aliphatic carbocycles. The monoisotopic (exact) mass is 505 g/mol. The molecule has 0 unspecified atom stereocenters. The van der Waals surface area contributed by atoms with Crippen LogP contribution in [0.25, 0.3) is 21.5 Å². The van der Waals surface area contributed by atoms with Crippen LogP contribution in [0.15, 0.2) is 50.9 Å². The van der Waals surface area contributed by atoms with Gasteiger partial charge in [-0.1, -0.05) is 4.73 Å². The Morgan fingerprint density at radius 2 is 0.971 bits per heavy atom. The number of rotatable bonds is 3. The highest BCUT2D eigenvalue weighted by molar-refractivity contribution is 7.87. The van der Waals surface area contributed by atoms with Gasteiger partial charge in [0.25, 0.3) is 11.1 Å². The van der Waals surface area contributed by atoms with Gasteiger partial charge in [0.05, 0.1) is 10.8 Å². The van der Waals surface area contributed by atoms with E-state index in [0.29, 0.717) is 0 Å². The summed E-state index contributed by atoms with van der Waals surface area (Å²) in [5.41, 5.74) is -3.24. The van der Waals surface area contributed by atoms with E-state index in [1.165, 1.54) is 0 Å². The van der Waals surface area contributed by atoms with Gasteiger partial charge in [-0.2, -0.15) is 8.42 Å². The first-order chi connectivity index (χ1) is 15.8. The Labute approximate surface area is 183 Å². The molecule has 0 amide bonds. The third-order valence-electron chi connectivity index (χ3n) is 4.68. The van der Waals surface area contributed by atoms with E-state index in [-0.39, 0.29) is 10.8 Å². The molecule has 6 nitrogen and oxygen atoms in total. The van der Waals surface area contributed by atoms with Crippen LogP contribution in [0.3, 0.4) is 0 Å². The van der Waals surface area contributed by atoms with Crippen LogP contribution in [0.2, 0.25) is 0 Å². The molecule has 0 fully saturated rings. The van der Waals surface area contributed by atoms with Gasteiger partial charge in [-0.25, -0.2) is 30.7 Å². The number of hydrogen-bond donors (Lipinski definition) is 0. The van der Waals surface area contributed by atoms with E-state index in [4.69, 9.17) is 0 Å². The van der Waals surface area contributed by atoms with E-state index in [9.17, 15) is 48.7 Å². The smallest absolute Gasteiger partial charge is 0.277 e. The Morgan fingerprint density at radius 1 is 0.588 bits per heavy atom. The van der Waals surface area contributed by atoms with Crippen LogP contribution in [0.1, 0.15) is 0 Å². The summed E-state index contributed by atoms with van der Waals surface area (Å²) in [7, 11) is -6.05. The van der Waals surface area contributed by atoms with Gasteiger partial charge >= 0.3 is 10.1 Å². The van der Waals surface area contributed by atoms with Crippen molar-refractivity contribution in [3.05, 3.63) is 97.8 Å². The summed E-state index contributed by atoms with van der Waals surface area (Å²) in [4.78, 5) is 23.3. The van der Waals surface area contributed by atoms with Crippen molar-refractivity contribution in [3.63, 3.8) is 0 Å². The Morgan fingerprint density at radius 3 is 1.38 bits per heavy atom. The number of benzene rings is 3. The topological polar surface area (TPSA) is 82.4 Å². The molecule has 1 heterocycles. The predicted molar refractivity (Wildman–Crippen MR) is 102 cm³/mol. The van der Waals surface area contributed by atoms with Crippen LogP contribution in [-0.4, -0.2) is 13.1 Å². The van der Waals surface area contributed by atoms with Crippen molar-refractivity contribution in [2.75, 3.05) is 0 Å². The summed E-state index contributed by atoms with van der Waals surface area (Å²) >= 11 is 0. The molecular formula is C20H6F7NO5S. The third-order valence-corrected chi connectivity index (χ3v) is 5.88. The van der Waals surface area contributed by atoms with Crippen molar-refractivity contribution in [1.82, 2.24) is 4.73 Å². The van der Waals surface area contributed by atoms with Gasteiger partial charge in [0.15, 0.2) is 28.2 Å². The first kappa shape index (κ1) is 23.2. The van der Waals surface area contributed by atoms with Crippen LogP contribution in [0.4, 0.5) is 30.7 Å². The highest BCUT2D eigenvalue weighted by Crippen LogP contribution is 2.27. The molecule has 4 aromatic rings. The highest BCUT2D eigenvalue weighted by Gasteiger charge is 2.36. The van der Waals surface area contributed by atoms with Crippen molar-refractivity contribution in [2.24, 2.45) is 0 Å². The second kappa shape index (κ2) is 7.83. The molecule has 0 bridgehead atoms. The Bertz CT molecular complexity index is 1660. The molecule has 0 saturated heterocycles. The first-order valence-corrected chi connectivity index (χ1v) is 10.2. The van der Waals surface area contributed by atoms with E-state index < -0.39 is 82.4 Å². The standard InChI is InChI=1S/C20H6F7NO5S/c21-7-1-3-9-11(5-7)12-6-8(22)2-4-10(12)20(30)28(19(9)29)33-34(31,32)18-16(26)14(24)13(23)15(25)17(18)27/h1-6H. The molecule has 0 atom stereocenters. The van der Waals surface area contributed by atoms with Crippen LogP contribution < -0.4 is 15.4 Å². The fraction of sp³-hybridized carbons (Fsp3) is 0. The van der Waals surface area contributed by atoms with Crippen molar-refractivity contribution in [1.29, 1.82) is 0 Å². The van der Waals surface area contributed by atoms with E-state index in [1.54, 1.807) is 0 Å². The summed E-state index contributed by atoms with van der Waals surface area (Å²) in [5, 5.41) is -1.95. The number of hydrogen-bond acceptors (Lipinski definition) is 5. The lowest BCUT2D eigenvalue weighted by atomic mass is 10.1. The third kappa shape index (κ3) is 3.46. The summed E-state index contributed by atoms with van der Waals surface area (Å²) in [5.74, 6) is -15.4. The van der Waals surface area contributed by atoms with Gasteiger partial charge in [0.2, 0.25) is 5.82 Å². The molecule has 0 saturated carbocycles. The maximum atomic E-state index is 14.0. The summed E-state index contributed by atoms with van der Waals surface area (Å²) in [6.07, 6.45) is 0. The molecule has 14 heteroatoms. The molecule has 0 aliphatic heterocycles. The van der Waals surface area contributed by atoms with Gasteiger partial charge in [-0.15, -0.1) is 0 Å². The fourth-order valence-corrected chi connectivity index (χ4v) is 4.19. The Kier molecular flexibility index (Phi) is 5.35. The van der Waals surface area contributed by atoms with Gasteiger partial charge in [-0.05, 0) is 47.2 Å². The molecule has 1 aromatic heterocycles. The van der Waals surface area contributed by atoms with E-state index >= 15 is 0 Å². The highest BCUT2D eigenvalue weighted by atomic mass is 32.2. The predicted octanol–water partition coefficient (Wildman–Crippen LogP) is 3.31. The minimum absolute atomic E-state index is 0.368. The molecule has 0 aliphatic rings. The zero-order chi connectivity index (χ0) is 25.1. The van der Waals surface area contributed by atoms with Crippen LogP contribution in [0, 0.1) is 40.7 Å². The Balaban J connectivity index is 2.11. The molecule has 0 spiro atoms. The van der Waals surface area contributed by atoms with Crippen LogP contribution in [0.5, 0.6) is 0 Å². The fourth-order valence-electron chi connectivity index (χ4n) is 3.17. The molecule has 3 aromatic carbocycles. The van der Waals surface area contributed by atoms with Crippen LogP contribution >= 0.6 is 0 Å². The average Bonchev–Trinajstić information content (AvgIpc) is 2.85. The number of aromatic nitrogens is 1. The molecular weight excluding hydrogens is 499 g/mol. The van der Waals surface area contributed by atoms with Crippen LogP contribution in [-0.2, 0) is 10.1 Å². The lowest BCUT2D eigenvalue weighted by Crippen LogP contribution is -2.39. The lowest BCUT2D eigenvalue weighted by Gasteiger charge is -2.10. The molecule has 4 rings (SSSR count). The second-order valence-electron chi connectivity index (χ2n) is 6.71. The SMILES string of the molecule is O=c1c2ccc(F)cc2c2cc(F)ccc2c(=O)n1OS(=O)(=O)c1c(F)c(F)c(F)c(F)c1F. The van der Waals surface area contributed by atoms with Gasteiger partial charge in [0, 0.05) is 0 Å². The van der Waals surface area contributed by atoms with Crippen molar-refractivity contribution in [2.45, 2.75) is 4.90 Å². The van der Waals surface area contributed by atoms with E-state index in [0.717, 1.165) is 36.4 Å².